The molecular weight excluding hydrogens is 281 g/mol. The average molecular weight is 304 g/mol. The Labute approximate surface area is 123 Å². The van der Waals surface area contributed by atoms with Gasteiger partial charge in [-0.3, -0.25) is 0 Å². The topological polar surface area (TPSA) is 34.1 Å². The fourth-order valence-corrected chi connectivity index (χ4v) is 1.71. The minimum absolute atomic E-state index is 0.0277. The van der Waals surface area contributed by atoms with Crippen LogP contribution in [0.1, 0.15) is 44.9 Å². The van der Waals surface area contributed by atoms with Gasteiger partial charge in [-0.05, 0) is 30.0 Å². The number of hydrogen-bond acceptors (Lipinski definition) is 3. The van der Waals surface area contributed by atoms with Crippen molar-refractivity contribution in [2.24, 2.45) is 5.92 Å². The molecule has 3 nitrogen and oxygen atoms in total. The fourth-order valence-electron chi connectivity index (χ4n) is 1.71. The third-order valence-corrected chi connectivity index (χ3v) is 2.74. The number of aromatic nitrogens is 1. The lowest BCUT2D eigenvalue weighted by molar-refractivity contribution is -0.154. The zero-order valence-corrected chi connectivity index (χ0v) is 12.9. The van der Waals surface area contributed by atoms with E-state index < -0.39 is 12.8 Å². The molecule has 0 amide bonds. The first-order valence-electron chi connectivity index (χ1n) is 7.08. The first-order valence-corrected chi connectivity index (χ1v) is 7.08. The number of ether oxygens (including phenoxy) is 1. The van der Waals surface area contributed by atoms with Gasteiger partial charge >= 0.3 is 6.18 Å². The standard InChI is InChI=1S/C15H23F3N2O/c1-10(2)7-19-8-12-5-13(11(3)4)20-14(6-12)21-9-15(16,17)18/h5-6,10-11,19H,7-9H2,1-4H3. The van der Waals surface area contributed by atoms with Crippen LogP contribution in [-0.4, -0.2) is 24.3 Å². The minimum Gasteiger partial charge on any atom is -0.468 e. The van der Waals surface area contributed by atoms with E-state index in [0.717, 1.165) is 17.8 Å². The molecule has 1 heterocycles. The van der Waals surface area contributed by atoms with Gasteiger partial charge in [0.05, 0.1) is 0 Å². The van der Waals surface area contributed by atoms with E-state index in [1.807, 2.05) is 19.9 Å². The van der Waals surface area contributed by atoms with Gasteiger partial charge in [0.15, 0.2) is 6.61 Å². The summed E-state index contributed by atoms with van der Waals surface area (Å²) >= 11 is 0. The number of rotatable bonds is 7. The first-order chi connectivity index (χ1) is 9.67. The Hall–Kier alpha value is -1.30. The number of nitrogens with zero attached hydrogens (tertiary/aromatic N) is 1. The Morgan fingerprint density at radius 1 is 1.19 bits per heavy atom. The largest absolute Gasteiger partial charge is 0.468 e. The molecule has 1 aromatic rings. The SMILES string of the molecule is CC(C)CNCc1cc(OCC(F)(F)F)nc(C(C)C)c1. The lowest BCUT2D eigenvalue weighted by atomic mass is 10.1. The molecule has 6 heteroatoms. The molecule has 1 rings (SSSR count). The van der Waals surface area contributed by atoms with Gasteiger partial charge in [-0.1, -0.05) is 27.7 Å². The van der Waals surface area contributed by atoms with Crippen LogP contribution in [0.2, 0.25) is 0 Å². The smallest absolute Gasteiger partial charge is 0.422 e. The van der Waals surface area contributed by atoms with E-state index in [9.17, 15) is 13.2 Å². The number of halogens is 3. The quantitative estimate of drug-likeness (QED) is 0.830. The molecule has 0 aromatic carbocycles. The summed E-state index contributed by atoms with van der Waals surface area (Å²) in [5, 5.41) is 3.26. The lowest BCUT2D eigenvalue weighted by Crippen LogP contribution is -2.21. The van der Waals surface area contributed by atoms with Crippen LogP contribution in [0.5, 0.6) is 5.88 Å². The highest BCUT2D eigenvalue weighted by molar-refractivity contribution is 5.26. The van der Waals surface area contributed by atoms with E-state index in [-0.39, 0.29) is 11.8 Å². The van der Waals surface area contributed by atoms with Gasteiger partial charge in [0.25, 0.3) is 0 Å². The van der Waals surface area contributed by atoms with Crippen molar-refractivity contribution in [2.45, 2.75) is 46.3 Å². The van der Waals surface area contributed by atoms with E-state index in [1.165, 1.54) is 0 Å². The minimum atomic E-state index is -4.36. The van der Waals surface area contributed by atoms with Crippen molar-refractivity contribution in [3.05, 3.63) is 23.4 Å². The second-order valence-electron chi connectivity index (χ2n) is 5.82. The Balaban J connectivity index is 2.80. The predicted molar refractivity (Wildman–Crippen MR) is 76.4 cm³/mol. The molecule has 0 aliphatic carbocycles. The normalized spacial score (nSPS) is 12.2. The molecule has 21 heavy (non-hydrogen) atoms. The van der Waals surface area contributed by atoms with Crippen LogP contribution in [0.4, 0.5) is 13.2 Å². The highest BCUT2D eigenvalue weighted by Crippen LogP contribution is 2.21. The van der Waals surface area contributed by atoms with Gasteiger partial charge < -0.3 is 10.1 Å². The van der Waals surface area contributed by atoms with E-state index >= 15 is 0 Å². The molecule has 1 N–H and O–H groups in total. The summed E-state index contributed by atoms with van der Waals surface area (Å²) in [6.45, 7) is 8.19. The van der Waals surface area contributed by atoms with Crippen molar-refractivity contribution in [2.75, 3.05) is 13.2 Å². The summed E-state index contributed by atoms with van der Waals surface area (Å²) < 4.78 is 41.4. The molecule has 0 aliphatic heterocycles. The van der Waals surface area contributed by atoms with Crippen molar-refractivity contribution in [1.29, 1.82) is 0 Å². The Morgan fingerprint density at radius 2 is 1.86 bits per heavy atom. The van der Waals surface area contributed by atoms with Gasteiger partial charge in [-0.2, -0.15) is 13.2 Å². The highest BCUT2D eigenvalue weighted by atomic mass is 19.4. The number of nitrogens with one attached hydrogen (secondary N) is 1. The monoisotopic (exact) mass is 304 g/mol. The highest BCUT2D eigenvalue weighted by Gasteiger charge is 2.28. The maximum absolute atomic E-state index is 12.2. The van der Waals surface area contributed by atoms with E-state index in [2.05, 4.69) is 24.1 Å². The second kappa shape index (κ2) is 7.64. The zero-order valence-electron chi connectivity index (χ0n) is 12.9. The summed E-state index contributed by atoms with van der Waals surface area (Å²) in [5.74, 6) is 0.667. The molecule has 1 aromatic heterocycles. The molecule has 0 saturated carbocycles. The van der Waals surface area contributed by atoms with Crippen molar-refractivity contribution < 1.29 is 17.9 Å². The molecule has 0 saturated heterocycles. The summed E-state index contributed by atoms with van der Waals surface area (Å²) in [5.41, 5.74) is 1.61. The molecule has 0 aliphatic rings. The summed E-state index contributed by atoms with van der Waals surface area (Å²) in [6, 6.07) is 3.46. The maximum Gasteiger partial charge on any atom is 0.422 e. The van der Waals surface area contributed by atoms with E-state index in [0.29, 0.717) is 12.5 Å². The molecular formula is C15H23F3N2O. The van der Waals surface area contributed by atoms with Crippen LogP contribution in [0.15, 0.2) is 12.1 Å². The summed E-state index contributed by atoms with van der Waals surface area (Å²) in [6.07, 6.45) is -4.36. The number of hydrogen-bond donors (Lipinski definition) is 1. The van der Waals surface area contributed by atoms with Gasteiger partial charge in [0, 0.05) is 18.3 Å². The van der Waals surface area contributed by atoms with Gasteiger partial charge in [0.1, 0.15) is 0 Å². The molecule has 0 atom stereocenters. The van der Waals surface area contributed by atoms with Crippen LogP contribution < -0.4 is 10.1 Å². The van der Waals surface area contributed by atoms with Crippen molar-refractivity contribution in [3.63, 3.8) is 0 Å². The van der Waals surface area contributed by atoms with Gasteiger partial charge in [0.2, 0.25) is 5.88 Å². The van der Waals surface area contributed by atoms with Crippen LogP contribution >= 0.6 is 0 Å². The first kappa shape index (κ1) is 17.8. The lowest BCUT2D eigenvalue weighted by Gasteiger charge is -2.14. The van der Waals surface area contributed by atoms with Crippen LogP contribution in [0.3, 0.4) is 0 Å². The molecule has 0 spiro atoms. The molecule has 0 fully saturated rings. The Morgan fingerprint density at radius 3 is 2.38 bits per heavy atom. The third kappa shape index (κ3) is 7.32. The Bertz CT molecular complexity index is 445. The van der Waals surface area contributed by atoms with Crippen LogP contribution in [0, 0.1) is 5.92 Å². The number of pyridine rings is 1. The average Bonchev–Trinajstić information content (AvgIpc) is 2.35. The molecule has 0 bridgehead atoms. The van der Waals surface area contributed by atoms with Gasteiger partial charge in [-0.25, -0.2) is 4.98 Å². The van der Waals surface area contributed by atoms with E-state index in [1.54, 1.807) is 6.07 Å². The van der Waals surface area contributed by atoms with Crippen LogP contribution in [0.25, 0.3) is 0 Å². The van der Waals surface area contributed by atoms with Crippen molar-refractivity contribution in [3.8, 4) is 5.88 Å². The van der Waals surface area contributed by atoms with Crippen LogP contribution in [-0.2, 0) is 6.54 Å². The second-order valence-corrected chi connectivity index (χ2v) is 5.82. The van der Waals surface area contributed by atoms with Crippen molar-refractivity contribution >= 4 is 0 Å². The van der Waals surface area contributed by atoms with Crippen molar-refractivity contribution in [1.82, 2.24) is 10.3 Å². The predicted octanol–water partition coefficient (Wildman–Crippen LogP) is 3.89. The maximum atomic E-state index is 12.2. The molecule has 0 unspecified atom stereocenters. The zero-order chi connectivity index (χ0) is 16.0. The third-order valence-electron chi connectivity index (χ3n) is 2.74. The fraction of sp³-hybridized carbons (Fsp3) is 0.667. The molecule has 0 radical (unpaired) electrons. The summed E-state index contributed by atoms with van der Waals surface area (Å²) in [7, 11) is 0. The Kier molecular flexibility index (Phi) is 6.45. The van der Waals surface area contributed by atoms with E-state index in [4.69, 9.17) is 4.74 Å². The summed E-state index contributed by atoms with van der Waals surface area (Å²) in [4.78, 5) is 4.13. The van der Waals surface area contributed by atoms with Gasteiger partial charge in [-0.15, -0.1) is 0 Å². The molecule has 120 valence electrons. The number of alkyl halides is 3.